The number of carbonyl (C=O) groups is 6. The Hall–Kier alpha value is -5.97. The van der Waals surface area contributed by atoms with E-state index >= 15 is 4.57 Å². The molecule has 3 aromatic carbocycles. The summed E-state index contributed by atoms with van der Waals surface area (Å²) in [6.07, 6.45) is 27.6. The lowest BCUT2D eigenvalue weighted by molar-refractivity contribution is -0.304. The van der Waals surface area contributed by atoms with Crippen LogP contribution in [0.2, 0.25) is 0 Å². The monoisotopic (exact) mass is 1590 g/mol. The van der Waals surface area contributed by atoms with E-state index in [1.54, 1.807) is 60.7 Å². The molecule has 23 heteroatoms. The molecule has 3 amide bonds. The number of nitrogens with one attached hydrogen (secondary N) is 3. The summed E-state index contributed by atoms with van der Waals surface area (Å²) in [5.74, 6) is -4.18. The van der Waals surface area contributed by atoms with E-state index in [1.807, 2.05) is 6.07 Å². The van der Waals surface area contributed by atoms with E-state index in [4.69, 9.17) is 48.1 Å². The number of aliphatic hydroxyl groups is 2. The number of rotatable bonds is 67. The number of hydrogen-bond donors (Lipinski definition) is 5. The molecule has 634 valence electrons. The zero-order chi connectivity index (χ0) is 81.2. The number of phosphoric acid groups is 1. The predicted octanol–water partition coefficient (Wildman–Crippen LogP) is 19.2. The van der Waals surface area contributed by atoms with Gasteiger partial charge in [-0.1, -0.05) is 338 Å². The van der Waals surface area contributed by atoms with Gasteiger partial charge >= 0.3 is 25.7 Å². The molecular weight excluding hydrogens is 1450 g/mol. The SMILES string of the molecule is [2H]C(CCCCCCCCCCCC)C(=O)N[C@H]1C(OCC(=O)OCc2ccccc2)O[C@H](CO[C@@H]2O[C@H](CO)[C@@H](OP(=O)(Oc3ccccc3)Oc3ccccc3)[C@H](OC(=O)CNC(=O)CCCCCCCCCCC)[C@H]2NC(=O)CCCCCCCCCCCCC)[C@@H](O)[C@@H]1OC(=O)CCCCCCCCCCCCC. The zero-order valence-electron chi connectivity index (χ0n) is 69.6. The molecule has 0 bridgehead atoms. The lowest BCUT2D eigenvalue weighted by Crippen LogP contribution is -2.68. The van der Waals surface area contributed by atoms with Crippen LogP contribution in [0, 0.1) is 0 Å². The van der Waals surface area contributed by atoms with Crippen molar-refractivity contribution in [3.05, 3.63) is 96.6 Å². The number of hydrogen-bond acceptors (Lipinski definition) is 19. The average molecular weight is 1590 g/mol. The Kier molecular flexibility index (Phi) is 52.0. The van der Waals surface area contributed by atoms with Crippen molar-refractivity contribution in [3.8, 4) is 11.5 Å². The van der Waals surface area contributed by atoms with Crippen molar-refractivity contribution in [2.75, 3.05) is 26.4 Å². The number of unbranched alkanes of at least 4 members (excludes halogenated alkanes) is 37. The number of ether oxygens (including phenoxy) is 7. The van der Waals surface area contributed by atoms with Crippen molar-refractivity contribution in [1.82, 2.24) is 16.0 Å². The van der Waals surface area contributed by atoms with Crippen LogP contribution in [-0.4, -0.2) is 133 Å². The molecule has 5 N–H and O–H groups in total. The van der Waals surface area contributed by atoms with Crippen molar-refractivity contribution in [3.63, 3.8) is 0 Å². The van der Waals surface area contributed by atoms with E-state index in [0.29, 0.717) is 31.2 Å². The molecule has 2 heterocycles. The number of aliphatic hydroxyl groups excluding tert-OH is 2. The van der Waals surface area contributed by atoms with Gasteiger partial charge in [0.15, 0.2) is 24.8 Å². The minimum Gasteiger partial charge on any atom is -0.459 e. The van der Waals surface area contributed by atoms with Crippen LogP contribution < -0.4 is 25.0 Å². The highest BCUT2D eigenvalue weighted by Crippen LogP contribution is 2.52. The van der Waals surface area contributed by atoms with Crippen LogP contribution in [0.4, 0.5) is 0 Å². The van der Waals surface area contributed by atoms with Crippen molar-refractivity contribution in [2.24, 2.45) is 0 Å². The van der Waals surface area contributed by atoms with Crippen LogP contribution in [0.3, 0.4) is 0 Å². The minimum atomic E-state index is -5.00. The minimum absolute atomic E-state index is 0.0213. The van der Waals surface area contributed by atoms with E-state index in [0.717, 1.165) is 122 Å². The number of phosphoric ester groups is 1. The molecule has 2 fully saturated rings. The lowest BCUT2D eigenvalue weighted by Gasteiger charge is -2.47. The summed E-state index contributed by atoms with van der Waals surface area (Å²) in [6, 6.07) is 21.9. The lowest BCUT2D eigenvalue weighted by atomic mass is 9.95. The molecule has 112 heavy (non-hydrogen) atoms. The Morgan fingerprint density at radius 2 is 0.812 bits per heavy atom. The van der Waals surface area contributed by atoms with Crippen molar-refractivity contribution < 1.29 is 91.6 Å². The van der Waals surface area contributed by atoms with Crippen LogP contribution in [-0.2, 0) is 77.6 Å². The van der Waals surface area contributed by atoms with Crippen LogP contribution in [0.15, 0.2) is 91.0 Å². The second kappa shape index (κ2) is 61.4. The highest BCUT2D eigenvalue weighted by atomic mass is 31.2. The summed E-state index contributed by atoms with van der Waals surface area (Å²) >= 11 is 0. The van der Waals surface area contributed by atoms with Gasteiger partial charge in [-0.2, -0.15) is 0 Å². The Morgan fingerprint density at radius 1 is 0.429 bits per heavy atom. The molecule has 5 rings (SSSR count). The fourth-order valence-corrected chi connectivity index (χ4v) is 15.6. The number of amides is 3. The maximum absolute atomic E-state index is 15.5. The Morgan fingerprint density at radius 3 is 1.28 bits per heavy atom. The first-order chi connectivity index (χ1) is 55.1. The smallest absolute Gasteiger partial charge is 0.459 e. The highest BCUT2D eigenvalue weighted by molar-refractivity contribution is 7.49. The molecule has 2 unspecified atom stereocenters. The van der Waals surface area contributed by atoms with Crippen LogP contribution in [0.5, 0.6) is 11.5 Å². The largest absolute Gasteiger partial charge is 0.588 e. The summed E-state index contributed by atoms with van der Waals surface area (Å²) in [5, 5.41) is 32.8. The molecular formula is C89H144N3O19P. The molecule has 0 radical (unpaired) electrons. The second-order valence-corrected chi connectivity index (χ2v) is 32.0. The van der Waals surface area contributed by atoms with Gasteiger partial charge in [-0.3, -0.25) is 28.5 Å². The quantitative estimate of drug-likeness (QED) is 0.0152. The van der Waals surface area contributed by atoms with Gasteiger partial charge in [-0.05, 0) is 55.5 Å². The number of carbonyl (C=O) groups excluding carboxylic acids is 6. The second-order valence-electron chi connectivity index (χ2n) is 30.5. The van der Waals surface area contributed by atoms with Crippen molar-refractivity contribution in [1.29, 1.82) is 0 Å². The van der Waals surface area contributed by atoms with Crippen LogP contribution in [0.25, 0.3) is 0 Å². The van der Waals surface area contributed by atoms with Gasteiger partial charge < -0.3 is 68.4 Å². The molecule has 0 saturated carbocycles. The summed E-state index contributed by atoms with van der Waals surface area (Å²) < 4.78 is 87.5. The molecule has 2 aliphatic rings. The number of esters is 3. The van der Waals surface area contributed by atoms with E-state index in [-0.39, 0.29) is 43.8 Å². The van der Waals surface area contributed by atoms with Gasteiger partial charge in [0.05, 0.1) is 13.2 Å². The van der Waals surface area contributed by atoms with Gasteiger partial charge in [-0.15, -0.1) is 0 Å². The standard InChI is InChI=1S/C89H144N3O19P/c1-5-9-13-17-21-25-28-32-36-40-53-63-77(95)91-82-86(107-79(97)65-55-42-38-34-30-27-23-19-15-11-7-3)84(100)75(106-88(82)104-70-81(99)102-68-71-56-46-43-47-57-71)69-103-89-83(92-78(96)64-54-41-37-33-29-26-22-18-14-10-6-2)87(108-80(98)66-90-76(94)62-52-39-35-31-24-20-16-12-8-4)85(74(67-93)105-89)111-112(101,109-72-58-48-44-49-59-72)110-73-60-50-45-51-61-73/h43-51,56-61,74-75,82-89,93,100H,5-42,52-55,62-70H2,1-4H3,(H,90,94)(H,91,95)(H,92,96)/t74-,75-,82-,83-,84-,85-,86-,87-,88?,89-/m1/s1/i63D/t63?,74-,75-,82-,83-,84-,85-,86-,87-,88?,89-. The molecule has 22 nitrogen and oxygen atoms in total. The van der Waals surface area contributed by atoms with Gasteiger partial charge in [0.2, 0.25) is 17.7 Å². The summed E-state index contributed by atoms with van der Waals surface area (Å²) in [5.41, 5.74) is 0.696. The number of para-hydroxylation sites is 2. The molecule has 0 spiro atoms. The van der Waals surface area contributed by atoms with Crippen LogP contribution in [0.1, 0.15) is 330 Å². The fourth-order valence-electron chi connectivity index (χ4n) is 14.1. The van der Waals surface area contributed by atoms with E-state index in [9.17, 15) is 39.0 Å². The first kappa shape index (κ1) is 94.9. The van der Waals surface area contributed by atoms with E-state index in [2.05, 4.69) is 43.6 Å². The summed E-state index contributed by atoms with van der Waals surface area (Å²) in [6.45, 7) is 5.61. The third-order valence-corrected chi connectivity index (χ3v) is 22.1. The highest BCUT2D eigenvalue weighted by Gasteiger charge is 2.55. The Bertz CT molecular complexity index is 2970. The molecule has 2 aliphatic heterocycles. The van der Waals surface area contributed by atoms with E-state index < -0.39 is 138 Å². The topological polar surface area (TPSA) is 288 Å². The van der Waals surface area contributed by atoms with Gasteiger partial charge in [0.25, 0.3) is 0 Å². The van der Waals surface area contributed by atoms with E-state index in [1.165, 1.54) is 140 Å². The predicted molar refractivity (Wildman–Crippen MR) is 437 cm³/mol. The Labute approximate surface area is 673 Å². The van der Waals surface area contributed by atoms with Gasteiger partial charge in [-0.25, -0.2) is 9.36 Å². The molecule has 0 aromatic heterocycles. The third kappa shape index (κ3) is 42.6. The van der Waals surface area contributed by atoms with Gasteiger partial charge in [0, 0.05) is 27.0 Å². The van der Waals surface area contributed by atoms with Crippen molar-refractivity contribution >= 4 is 43.5 Å². The number of benzene rings is 3. The normalized spacial score (nSPS) is 20.1. The fraction of sp³-hybridized carbons (Fsp3) is 0.730. The maximum atomic E-state index is 15.5. The first-order valence-electron chi connectivity index (χ1n) is 44.2. The van der Waals surface area contributed by atoms with Crippen molar-refractivity contribution in [2.45, 2.75) is 391 Å². The molecule has 2 saturated heterocycles. The maximum Gasteiger partial charge on any atom is 0.588 e. The average Bonchev–Trinajstić information content (AvgIpc) is 0.778. The molecule has 11 atom stereocenters. The van der Waals surface area contributed by atoms with Gasteiger partial charge in [0.1, 0.15) is 67.8 Å². The first-order valence-corrected chi connectivity index (χ1v) is 45.0. The Balaban J connectivity index is 1.51. The van der Waals surface area contributed by atoms with Crippen LogP contribution >= 0.6 is 7.82 Å². The summed E-state index contributed by atoms with van der Waals surface area (Å²) in [4.78, 5) is 85.1. The zero-order valence-corrected chi connectivity index (χ0v) is 69.5. The molecule has 0 aliphatic carbocycles. The third-order valence-electron chi connectivity index (χ3n) is 20.7. The summed E-state index contributed by atoms with van der Waals surface area (Å²) in [7, 11) is -5.00. The molecule has 3 aromatic rings.